The average molecular weight is 815 g/mol. The maximum atomic E-state index is 12.2. The lowest BCUT2D eigenvalue weighted by Crippen LogP contribution is -3.00. The number of quaternary nitrogens is 2. The summed E-state index contributed by atoms with van der Waals surface area (Å²) in [5, 5.41) is 0. The fourth-order valence-corrected chi connectivity index (χ4v) is 6.13. The van der Waals surface area contributed by atoms with Crippen LogP contribution in [0.25, 0.3) is 0 Å². The molecule has 0 aromatic rings. The minimum atomic E-state index is -0.0862. The molecule has 0 N–H and O–H groups in total. The molecule has 0 aromatic heterocycles. The molecule has 0 fully saturated rings. The number of esters is 2. The molecular formula is C40H82Br2N2O4. The van der Waals surface area contributed by atoms with Crippen LogP contribution in [-0.2, 0) is 19.1 Å². The van der Waals surface area contributed by atoms with Gasteiger partial charge < -0.3 is 52.4 Å². The van der Waals surface area contributed by atoms with Gasteiger partial charge in [0.05, 0.1) is 41.3 Å². The Morgan fingerprint density at radius 2 is 0.625 bits per heavy atom. The zero-order chi connectivity index (χ0) is 34.2. The number of unbranched alkanes of at least 4 members (excludes halogenated alkanes) is 21. The second kappa shape index (κ2) is 36.6. The van der Waals surface area contributed by atoms with Crippen LogP contribution in [0, 0.1) is 0 Å². The molecule has 0 rings (SSSR count). The number of carbonyl (C=O) groups excluding carboxylic acids is 2. The average Bonchev–Trinajstić information content (AvgIpc) is 3.00. The lowest BCUT2D eigenvalue weighted by molar-refractivity contribution is -0.890. The van der Waals surface area contributed by atoms with Gasteiger partial charge in [0.25, 0.3) is 0 Å². The highest BCUT2D eigenvalue weighted by molar-refractivity contribution is 5.69. The highest BCUT2D eigenvalue weighted by Gasteiger charge is 2.17. The van der Waals surface area contributed by atoms with Gasteiger partial charge in [0, 0.05) is 12.8 Å². The summed E-state index contributed by atoms with van der Waals surface area (Å²) in [7, 11) is 8.97. The molecule has 0 amide bonds. The first-order chi connectivity index (χ1) is 22.1. The molecular weight excluding hydrogens is 732 g/mol. The predicted molar refractivity (Wildman–Crippen MR) is 197 cm³/mol. The van der Waals surface area contributed by atoms with Gasteiger partial charge >= 0.3 is 11.9 Å². The molecule has 0 bridgehead atoms. The zero-order valence-electron chi connectivity index (χ0n) is 32.9. The molecule has 290 valence electrons. The van der Waals surface area contributed by atoms with Crippen molar-refractivity contribution in [2.75, 3.05) is 67.6 Å². The normalized spacial score (nSPS) is 11.5. The van der Waals surface area contributed by atoms with E-state index in [0.717, 1.165) is 60.8 Å². The summed E-state index contributed by atoms with van der Waals surface area (Å²) in [6.45, 7) is 9.60. The van der Waals surface area contributed by atoms with Gasteiger partial charge in [-0.1, -0.05) is 129 Å². The third-order valence-electron chi connectivity index (χ3n) is 9.67. The number of halogens is 2. The molecule has 0 heterocycles. The summed E-state index contributed by atoms with van der Waals surface area (Å²) in [6, 6.07) is 0. The number of nitrogens with zero attached hydrogens (tertiary/aromatic N) is 2. The van der Waals surface area contributed by atoms with Crippen molar-refractivity contribution in [1.29, 1.82) is 0 Å². The Labute approximate surface area is 320 Å². The Morgan fingerprint density at radius 1 is 0.375 bits per heavy atom. The first-order valence-electron chi connectivity index (χ1n) is 20.1. The lowest BCUT2D eigenvalue weighted by atomic mass is 10.1. The second-order valence-electron chi connectivity index (χ2n) is 15.5. The van der Waals surface area contributed by atoms with E-state index in [9.17, 15) is 9.59 Å². The van der Waals surface area contributed by atoms with Gasteiger partial charge in [-0.25, -0.2) is 0 Å². The van der Waals surface area contributed by atoms with Crippen LogP contribution in [0.5, 0.6) is 0 Å². The third kappa shape index (κ3) is 38.6. The van der Waals surface area contributed by atoms with E-state index in [1.807, 2.05) is 0 Å². The summed E-state index contributed by atoms with van der Waals surface area (Å²) < 4.78 is 12.9. The van der Waals surface area contributed by atoms with Crippen molar-refractivity contribution < 1.29 is 62.0 Å². The smallest absolute Gasteiger partial charge is 0.305 e. The number of ether oxygens (including phenoxy) is 2. The fourth-order valence-electron chi connectivity index (χ4n) is 6.13. The molecule has 0 aliphatic heterocycles. The van der Waals surface area contributed by atoms with E-state index >= 15 is 0 Å². The Hall–Kier alpha value is -0.180. The van der Waals surface area contributed by atoms with Crippen LogP contribution in [0.15, 0.2) is 0 Å². The molecule has 0 atom stereocenters. The van der Waals surface area contributed by atoms with Gasteiger partial charge in [-0.3, -0.25) is 9.59 Å². The van der Waals surface area contributed by atoms with Crippen molar-refractivity contribution in [2.24, 2.45) is 0 Å². The molecule has 0 spiro atoms. The first-order valence-corrected chi connectivity index (χ1v) is 20.1. The molecule has 8 heteroatoms. The van der Waals surface area contributed by atoms with Crippen LogP contribution in [-0.4, -0.2) is 88.5 Å². The maximum absolute atomic E-state index is 12.2. The molecule has 0 saturated carbocycles. The number of likely N-dealkylation sites (N-methyl/N-ethyl adjacent to an activating group) is 2. The van der Waals surface area contributed by atoms with Crippen molar-refractivity contribution >= 4 is 11.9 Å². The van der Waals surface area contributed by atoms with Crippen molar-refractivity contribution in [2.45, 2.75) is 181 Å². The van der Waals surface area contributed by atoms with Crippen molar-refractivity contribution in [3.63, 3.8) is 0 Å². The fraction of sp³-hybridized carbons (Fsp3) is 0.950. The summed E-state index contributed by atoms with van der Waals surface area (Å²) in [6.07, 6.45) is 31.7. The van der Waals surface area contributed by atoms with Crippen LogP contribution in [0.2, 0.25) is 0 Å². The predicted octanol–water partition coefficient (Wildman–Crippen LogP) is 4.42. The summed E-state index contributed by atoms with van der Waals surface area (Å²) in [5.74, 6) is -0.172. The first kappa shape index (κ1) is 52.2. The molecule has 0 unspecified atom stereocenters. The van der Waals surface area contributed by atoms with E-state index in [1.165, 1.54) is 128 Å². The standard InChI is InChI=1S/C40H82N2O4.2BrH/c1-7-9-11-13-15-17-19-21-25-29-33-41(3,4)35-37-45-39(43)31-27-23-24-28-32-40(44)46-38-36-42(5,6)34-30-26-22-20-18-16-14-12-10-8-2;;/h7-38H2,1-6H3;2*1H/q+2;;/p-2. The number of rotatable bonds is 35. The van der Waals surface area contributed by atoms with Crippen molar-refractivity contribution in [3.8, 4) is 0 Å². The molecule has 0 radical (unpaired) electrons. The summed E-state index contributed by atoms with van der Waals surface area (Å²) in [5.41, 5.74) is 0. The summed E-state index contributed by atoms with van der Waals surface area (Å²) >= 11 is 0. The van der Waals surface area contributed by atoms with Crippen LogP contribution in [0.4, 0.5) is 0 Å². The Balaban J connectivity index is -0.0000101. The van der Waals surface area contributed by atoms with Crippen molar-refractivity contribution in [1.82, 2.24) is 0 Å². The summed E-state index contributed by atoms with van der Waals surface area (Å²) in [4.78, 5) is 24.3. The highest BCUT2D eigenvalue weighted by Crippen LogP contribution is 2.14. The van der Waals surface area contributed by atoms with Gasteiger partial charge in [-0.15, -0.1) is 0 Å². The number of hydrogen-bond acceptors (Lipinski definition) is 4. The van der Waals surface area contributed by atoms with Crippen LogP contribution >= 0.6 is 0 Å². The molecule has 0 aliphatic rings. The molecule has 6 nitrogen and oxygen atoms in total. The lowest BCUT2D eigenvalue weighted by Gasteiger charge is -2.29. The van der Waals surface area contributed by atoms with E-state index in [1.54, 1.807) is 0 Å². The van der Waals surface area contributed by atoms with E-state index in [4.69, 9.17) is 9.47 Å². The molecule has 0 saturated heterocycles. The minimum Gasteiger partial charge on any atom is -1.00 e. The van der Waals surface area contributed by atoms with Crippen molar-refractivity contribution in [3.05, 3.63) is 0 Å². The van der Waals surface area contributed by atoms with E-state index in [2.05, 4.69) is 42.0 Å². The SMILES string of the molecule is CCCCCCCCCCCC[N+](C)(C)CCOC(=O)CCCCCCC(=O)OCC[N+](C)(C)CCCCCCCCCCCC.[Br-].[Br-]. The maximum Gasteiger partial charge on any atom is 0.305 e. The Bertz CT molecular complexity index is 649. The van der Waals surface area contributed by atoms with Gasteiger partial charge in [0.15, 0.2) is 0 Å². The topological polar surface area (TPSA) is 52.6 Å². The Kier molecular flexibility index (Phi) is 39.8. The molecule has 0 aliphatic carbocycles. The number of carbonyl (C=O) groups is 2. The van der Waals surface area contributed by atoms with E-state index in [-0.39, 0.29) is 45.9 Å². The van der Waals surface area contributed by atoms with E-state index in [0.29, 0.717) is 26.1 Å². The second-order valence-corrected chi connectivity index (χ2v) is 15.5. The molecule has 48 heavy (non-hydrogen) atoms. The zero-order valence-corrected chi connectivity index (χ0v) is 36.1. The monoisotopic (exact) mass is 812 g/mol. The van der Waals surface area contributed by atoms with Gasteiger partial charge in [-0.2, -0.15) is 0 Å². The Morgan fingerprint density at radius 3 is 0.917 bits per heavy atom. The van der Waals surface area contributed by atoms with Gasteiger partial charge in [0.2, 0.25) is 0 Å². The largest absolute Gasteiger partial charge is 1.00 e. The van der Waals surface area contributed by atoms with E-state index < -0.39 is 0 Å². The van der Waals surface area contributed by atoms with Gasteiger partial charge in [0.1, 0.15) is 26.3 Å². The minimum absolute atomic E-state index is 0. The van der Waals surface area contributed by atoms with Gasteiger partial charge in [-0.05, 0) is 38.5 Å². The van der Waals surface area contributed by atoms with Crippen LogP contribution in [0.1, 0.15) is 181 Å². The van der Waals surface area contributed by atoms with Crippen LogP contribution < -0.4 is 34.0 Å². The number of hydrogen-bond donors (Lipinski definition) is 0. The third-order valence-corrected chi connectivity index (χ3v) is 9.67. The van der Waals surface area contributed by atoms with Crippen LogP contribution in [0.3, 0.4) is 0 Å². The molecule has 0 aromatic carbocycles. The highest BCUT2D eigenvalue weighted by atomic mass is 79.9. The quantitative estimate of drug-likeness (QED) is 0.0541.